The van der Waals surface area contributed by atoms with Crippen LogP contribution in [0.4, 0.5) is 0 Å². The van der Waals surface area contributed by atoms with Crippen LogP contribution in [0.15, 0.2) is 0 Å². The lowest BCUT2D eigenvalue weighted by molar-refractivity contribution is -0.143. The summed E-state index contributed by atoms with van der Waals surface area (Å²) in [7, 11) is 0. The third kappa shape index (κ3) is 2.68. The van der Waals surface area contributed by atoms with Crippen molar-refractivity contribution in [2.45, 2.75) is 91.9 Å². The maximum Gasteiger partial charge on any atom is 0.303 e. The smallest absolute Gasteiger partial charge is 0.303 e. The molecular formula is C24H40O2. The van der Waals surface area contributed by atoms with Crippen LogP contribution in [0.2, 0.25) is 0 Å². The van der Waals surface area contributed by atoms with Crippen LogP contribution in [0, 0.1) is 52.3 Å². The van der Waals surface area contributed by atoms with E-state index in [0.717, 1.165) is 29.6 Å². The summed E-state index contributed by atoms with van der Waals surface area (Å²) in [5.41, 5.74) is 0.990. The van der Waals surface area contributed by atoms with E-state index in [4.69, 9.17) is 0 Å². The fraction of sp³-hybridized carbons (Fsp3) is 0.958. The van der Waals surface area contributed by atoms with Gasteiger partial charge in [-0.3, -0.25) is 4.79 Å². The van der Waals surface area contributed by atoms with Gasteiger partial charge in [0.15, 0.2) is 0 Å². The van der Waals surface area contributed by atoms with Crippen LogP contribution in [0.5, 0.6) is 0 Å². The summed E-state index contributed by atoms with van der Waals surface area (Å²) in [5, 5.41) is 9.32. The Labute approximate surface area is 160 Å². The van der Waals surface area contributed by atoms with Crippen LogP contribution in [0.25, 0.3) is 0 Å². The first-order valence-corrected chi connectivity index (χ1v) is 11.5. The molecule has 0 amide bonds. The maximum atomic E-state index is 11.3. The molecule has 0 aromatic carbocycles. The highest BCUT2D eigenvalue weighted by atomic mass is 16.4. The molecule has 0 aromatic rings. The van der Waals surface area contributed by atoms with Crippen molar-refractivity contribution >= 4 is 5.97 Å². The van der Waals surface area contributed by atoms with Crippen molar-refractivity contribution in [3.05, 3.63) is 0 Å². The standard InChI is InChI=1S/C24H40O2/c1-15(14-21(25)26)18-8-9-19-22-16(2)13-17-7-5-6-11-23(17,3)20(22)10-12-24(18,19)4/h15-20,22H,5-14H2,1-4H3,(H,25,26)/t15?,16-,17?,18?,19?,20?,22?,23?,24?/m0/s1. The van der Waals surface area contributed by atoms with Crippen molar-refractivity contribution in [1.82, 2.24) is 0 Å². The fourth-order valence-corrected chi connectivity index (χ4v) is 9.06. The summed E-state index contributed by atoms with van der Waals surface area (Å²) in [6.07, 6.45) is 13.1. The van der Waals surface area contributed by atoms with Gasteiger partial charge in [-0.25, -0.2) is 0 Å². The molecule has 0 aliphatic heterocycles. The molecule has 0 saturated heterocycles. The first kappa shape index (κ1) is 18.8. The summed E-state index contributed by atoms with van der Waals surface area (Å²) < 4.78 is 0. The van der Waals surface area contributed by atoms with Gasteiger partial charge in [0, 0.05) is 6.42 Å². The molecule has 2 heteroatoms. The van der Waals surface area contributed by atoms with Gasteiger partial charge in [-0.1, -0.05) is 40.5 Å². The normalized spacial score (nSPS) is 51.8. The van der Waals surface area contributed by atoms with E-state index in [9.17, 15) is 9.90 Å². The summed E-state index contributed by atoms with van der Waals surface area (Å²) in [6, 6.07) is 0. The van der Waals surface area contributed by atoms with Gasteiger partial charge in [0.05, 0.1) is 0 Å². The van der Waals surface area contributed by atoms with Gasteiger partial charge in [0.1, 0.15) is 0 Å². The Morgan fingerprint density at radius 2 is 1.77 bits per heavy atom. The van der Waals surface area contributed by atoms with E-state index in [-0.39, 0.29) is 0 Å². The molecule has 4 saturated carbocycles. The van der Waals surface area contributed by atoms with Gasteiger partial charge >= 0.3 is 5.97 Å². The van der Waals surface area contributed by atoms with Gasteiger partial charge < -0.3 is 5.11 Å². The first-order valence-electron chi connectivity index (χ1n) is 11.5. The second-order valence-electron chi connectivity index (χ2n) is 11.3. The number of hydrogen-bond donors (Lipinski definition) is 1. The van der Waals surface area contributed by atoms with Gasteiger partial charge in [-0.15, -0.1) is 0 Å². The Morgan fingerprint density at radius 3 is 2.50 bits per heavy atom. The van der Waals surface area contributed by atoms with Gasteiger partial charge in [0.2, 0.25) is 0 Å². The zero-order valence-electron chi connectivity index (χ0n) is 17.5. The molecule has 26 heavy (non-hydrogen) atoms. The third-order valence-electron chi connectivity index (χ3n) is 10.2. The largest absolute Gasteiger partial charge is 0.481 e. The van der Waals surface area contributed by atoms with Crippen LogP contribution in [-0.4, -0.2) is 11.1 Å². The molecule has 0 radical (unpaired) electrons. The molecule has 4 aliphatic rings. The van der Waals surface area contributed by atoms with E-state index >= 15 is 0 Å². The number of carbonyl (C=O) groups is 1. The minimum Gasteiger partial charge on any atom is -0.481 e. The molecule has 9 atom stereocenters. The highest BCUT2D eigenvalue weighted by Gasteiger charge is 2.61. The molecule has 4 fully saturated rings. The van der Waals surface area contributed by atoms with Crippen molar-refractivity contribution in [2.75, 3.05) is 0 Å². The highest BCUT2D eigenvalue weighted by molar-refractivity contribution is 5.67. The van der Waals surface area contributed by atoms with E-state index in [0.29, 0.717) is 29.1 Å². The summed E-state index contributed by atoms with van der Waals surface area (Å²) in [5.74, 6) is 4.86. The monoisotopic (exact) mass is 360 g/mol. The Hall–Kier alpha value is -0.530. The van der Waals surface area contributed by atoms with E-state index in [1.165, 1.54) is 57.8 Å². The maximum absolute atomic E-state index is 11.3. The van der Waals surface area contributed by atoms with E-state index in [2.05, 4.69) is 27.7 Å². The van der Waals surface area contributed by atoms with Gasteiger partial charge in [-0.05, 0) is 97.2 Å². The average molecular weight is 361 g/mol. The summed E-state index contributed by atoms with van der Waals surface area (Å²) >= 11 is 0. The molecule has 4 rings (SSSR count). The molecule has 0 spiro atoms. The van der Waals surface area contributed by atoms with E-state index < -0.39 is 5.97 Å². The van der Waals surface area contributed by atoms with Crippen LogP contribution in [0.1, 0.15) is 91.9 Å². The van der Waals surface area contributed by atoms with Crippen molar-refractivity contribution in [3.8, 4) is 0 Å². The van der Waals surface area contributed by atoms with Gasteiger partial charge in [0.25, 0.3) is 0 Å². The summed E-state index contributed by atoms with van der Waals surface area (Å²) in [4.78, 5) is 11.3. The number of aliphatic carboxylic acids is 1. The van der Waals surface area contributed by atoms with Crippen molar-refractivity contribution in [1.29, 1.82) is 0 Å². The van der Waals surface area contributed by atoms with Crippen molar-refractivity contribution in [3.63, 3.8) is 0 Å². The lowest BCUT2D eigenvalue weighted by Crippen LogP contribution is -2.55. The second-order valence-corrected chi connectivity index (χ2v) is 11.3. The van der Waals surface area contributed by atoms with Crippen LogP contribution in [0.3, 0.4) is 0 Å². The van der Waals surface area contributed by atoms with Crippen LogP contribution in [-0.2, 0) is 4.79 Å². The second kappa shape index (κ2) is 6.52. The quantitative estimate of drug-likeness (QED) is 0.633. The van der Waals surface area contributed by atoms with E-state index in [1.54, 1.807) is 0 Å². The molecular weight excluding hydrogens is 320 g/mol. The predicted octanol–water partition coefficient (Wildman–Crippen LogP) is 6.39. The Balaban J connectivity index is 1.60. The lowest BCUT2D eigenvalue weighted by atomic mass is 9.42. The molecule has 0 bridgehead atoms. The molecule has 1 N–H and O–H groups in total. The number of hydrogen-bond acceptors (Lipinski definition) is 1. The molecule has 8 unspecified atom stereocenters. The van der Waals surface area contributed by atoms with Crippen molar-refractivity contribution < 1.29 is 9.90 Å². The number of rotatable bonds is 3. The fourth-order valence-electron chi connectivity index (χ4n) is 9.06. The zero-order valence-corrected chi connectivity index (χ0v) is 17.5. The lowest BCUT2D eigenvalue weighted by Gasteiger charge is -2.62. The third-order valence-corrected chi connectivity index (χ3v) is 10.2. The highest BCUT2D eigenvalue weighted by Crippen LogP contribution is 2.69. The number of carboxylic acid groups (broad SMARTS) is 1. The molecule has 148 valence electrons. The molecule has 2 nitrogen and oxygen atoms in total. The zero-order chi connectivity index (χ0) is 18.7. The van der Waals surface area contributed by atoms with Gasteiger partial charge in [-0.2, -0.15) is 0 Å². The Kier molecular flexibility index (Phi) is 4.72. The predicted molar refractivity (Wildman–Crippen MR) is 106 cm³/mol. The SMILES string of the molecule is CC(CC(=O)O)C1CCC2C3C(CCC12C)C1(C)CCCCC1C[C@@H]3C. The van der Waals surface area contributed by atoms with Crippen molar-refractivity contribution in [2.24, 2.45) is 52.3 Å². The molecule has 0 heterocycles. The van der Waals surface area contributed by atoms with E-state index in [1.807, 2.05) is 0 Å². The number of carboxylic acids is 1. The van der Waals surface area contributed by atoms with Crippen LogP contribution >= 0.6 is 0 Å². The number of fused-ring (bicyclic) bond motifs is 5. The molecule has 4 aliphatic carbocycles. The van der Waals surface area contributed by atoms with Crippen LogP contribution < -0.4 is 0 Å². The average Bonchev–Trinajstić information content (AvgIpc) is 2.92. The Bertz CT molecular complexity index is 556. The summed E-state index contributed by atoms with van der Waals surface area (Å²) in [6.45, 7) is 9.97. The topological polar surface area (TPSA) is 37.3 Å². The minimum atomic E-state index is -0.609. The Morgan fingerprint density at radius 1 is 1.04 bits per heavy atom. The first-order chi connectivity index (χ1) is 12.3. The minimum absolute atomic E-state index is 0.330. The molecule has 0 aromatic heterocycles.